The molecule has 0 fully saturated rings. The van der Waals surface area contributed by atoms with Crippen LogP contribution in [0.2, 0.25) is 0 Å². The SMILES string of the molecule is COc1ccccc1-c1cccc(CNc2ccc3c(c2)OCC(=O)N3)c1. The molecule has 0 radical (unpaired) electrons. The maximum absolute atomic E-state index is 11.4. The first-order valence-electron chi connectivity index (χ1n) is 8.76. The van der Waals surface area contributed by atoms with Gasteiger partial charge in [-0.15, -0.1) is 0 Å². The topological polar surface area (TPSA) is 59.6 Å². The molecule has 0 unspecified atom stereocenters. The Labute approximate surface area is 157 Å². The minimum Gasteiger partial charge on any atom is -0.496 e. The van der Waals surface area contributed by atoms with Crippen molar-refractivity contribution in [2.45, 2.75) is 6.54 Å². The largest absolute Gasteiger partial charge is 0.496 e. The van der Waals surface area contributed by atoms with Gasteiger partial charge in [0.2, 0.25) is 0 Å². The van der Waals surface area contributed by atoms with Crippen LogP contribution in [-0.2, 0) is 11.3 Å². The van der Waals surface area contributed by atoms with Gasteiger partial charge in [-0.3, -0.25) is 4.79 Å². The van der Waals surface area contributed by atoms with Gasteiger partial charge >= 0.3 is 0 Å². The van der Waals surface area contributed by atoms with Crippen LogP contribution in [0.5, 0.6) is 11.5 Å². The molecule has 3 aromatic carbocycles. The molecule has 0 saturated carbocycles. The molecule has 0 atom stereocenters. The van der Waals surface area contributed by atoms with Gasteiger partial charge in [0.05, 0.1) is 12.8 Å². The molecule has 4 rings (SSSR count). The van der Waals surface area contributed by atoms with Gasteiger partial charge in [0.1, 0.15) is 11.5 Å². The van der Waals surface area contributed by atoms with Crippen LogP contribution in [0.15, 0.2) is 66.7 Å². The van der Waals surface area contributed by atoms with E-state index in [0.29, 0.717) is 18.0 Å². The van der Waals surface area contributed by atoms with Crippen molar-refractivity contribution in [3.63, 3.8) is 0 Å². The first-order chi connectivity index (χ1) is 13.2. The summed E-state index contributed by atoms with van der Waals surface area (Å²) in [6.45, 7) is 0.728. The number of benzene rings is 3. The lowest BCUT2D eigenvalue weighted by Gasteiger charge is -2.19. The fourth-order valence-electron chi connectivity index (χ4n) is 3.12. The Morgan fingerprint density at radius 2 is 1.96 bits per heavy atom. The van der Waals surface area contributed by atoms with Crippen LogP contribution in [0.25, 0.3) is 11.1 Å². The van der Waals surface area contributed by atoms with E-state index in [4.69, 9.17) is 9.47 Å². The normalized spacial score (nSPS) is 12.6. The molecule has 136 valence electrons. The van der Waals surface area contributed by atoms with Crippen molar-refractivity contribution in [2.75, 3.05) is 24.4 Å². The van der Waals surface area contributed by atoms with Crippen LogP contribution >= 0.6 is 0 Å². The predicted octanol–water partition coefficient (Wildman–Crippen LogP) is 4.31. The highest BCUT2D eigenvalue weighted by Crippen LogP contribution is 2.32. The lowest BCUT2D eigenvalue weighted by Crippen LogP contribution is -2.25. The van der Waals surface area contributed by atoms with Crippen LogP contribution in [0, 0.1) is 0 Å². The van der Waals surface area contributed by atoms with Gasteiger partial charge in [-0.2, -0.15) is 0 Å². The maximum Gasteiger partial charge on any atom is 0.262 e. The standard InChI is InChI=1S/C22H20N2O3/c1-26-20-8-3-2-7-18(20)16-6-4-5-15(11-16)13-23-17-9-10-19-21(12-17)27-14-22(25)24-19/h2-12,23H,13-14H2,1H3,(H,24,25). The van der Waals surface area contributed by atoms with Gasteiger partial charge in [-0.25, -0.2) is 0 Å². The molecule has 5 heteroatoms. The van der Waals surface area contributed by atoms with Gasteiger partial charge in [0, 0.05) is 23.9 Å². The van der Waals surface area contributed by atoms with E-state index in [1.807, 2.05) is 42.5 Å². The Bertz CT molecular complexity index is 985. The summed E-state index contributed by atoms with van der Waals surface area (Å²) in [5.74, 6) is 1.41. The van der Waals surface area contributed by atoms with Crippen molar-refractivity contribution in [2.24, 2.45) is 0 Å². The third kappa shape index (κ3) is 3.72. The average molecular weight is 360 g/mol. The molecule has 2 N–H and O–H groups in total. The van der Waals surface area contributed by atoms with Gasteiger partial charge in [-0.05, 0) is 35.4 Å². The molecule has 1 amide bonds. The number of para-hydroxylation sites is 1. The summed E-state index contributed by atoms with van der Waals surface area (Å²) in [6, 6.07) is 22.0. The Morgan fingerprint density at radius 1 is 1.07 bits per heavy atom. The van der Waals surface area contributed by atoms with Crippen LogP contribution in [0.1, 0.15) is 5.56 Å². The van der Waals surface area contributed by atoms with Crippen molar-refractivity contribution in [3.8, 4) is 22.6 Å². The summed E-state index contributed by atoms with van der Waals surface area (Å²) in [5, 5.41) is 6.20. The van der Waals surface area contributed by atoms with Crippen molar-refractivity contribution in [1.82, 2.24) is 0 Å². The summed E-state index contributed by atoms with van der Waals surface area (Å²) >= 11 is 0. The summed E-state index contributed by atoms with van der Waals surface area (Å²) in [6.07, 6.45) is 0. The van der Waals surface area contributed by atoms with E-state index < -0.39 is 0 Å². The van der Waals surface area contributed by atoms with Crippen LogP contribution < -0.4 is 20.1 Å². The van der Waals surface area contributed by atoms with Crippen LogP contribution in [0.3, 0.4) is 0 Å². The quantitative estimate of drug-likeness (QED) is 0.712. The molecule has 1 aliphatic heterocycles. The molecule has 0 spiro atoms. The monoisotopic (exact) mass is 360 g/mol. The molecule has 0 bridgehead atoms. The summed E-state index contributed by atoms with van der Waals surface area (Å²) in [5.41, 5.74) is 4.98. The fourth-order valence-corrected chi connectivity index (χ4v) is 3.12. The van der Waals surface area contributed by atoms with E-state index in [1.54, 1.807) is 7.11 Å². The number of amides is 1. The minimum atomic E-state index is -0.128. The van der Waals surface area contributed by atoms with Gasteiger partial charge in [0.15, 0.2) is 6.61 Å². The van der Waals surface area contributed by atoms with E-state index in [-0.39, 0.29) is 12.5 Å². The summed E-state index contributed by atoms with van der Waals surface area (Å²) in [4.78, 5) is 11.4. The van der Waals surface area contributed by atoms with Crippen LogP contribution in [0.4, 0.5) is 11.4 Å². The fraction of sp³-hybridized carbons (Fsp3) is 0.136. The Hall–Kier alpha value is -3.47. The van der Waals surface area contributed by atoms with Gasteiger partial charge in [0.25, 0.3) is 5.91 Å². The predicted molar refractivity (Wildman–Crippen MR) is 106 cm³/mol. The second kappa shape index (κ2) is 7.41. The van der Waals surface area contributed by atoms with Crippen molar-refractivity contribution < 1.29 is 14.3 Å². The molecular formula is C22H20N2O3. The number of nitrogens with one attached hydrogen (secondary N) is 2. The van der Waals surface area contributed by atoms with E-state index in [0.717, 1.165) is 28.1 Å². The molecule has 1 heterocycles. The number of methoxy groups -OCH3 is 1. The number of hydrogen-bond donors (Lipinski definition) is 2. The third-order valence-electron chi connectivity index (χ3n) is 4.46. The zero-order valence-corrected chi connectivity index (χ0v) is 15.0. The zero-order chi connectivity index (χ0) is 18.6. The summed E-state index contributed by atoms with van der Waals surface area (Å²) in [7, 11) is 1.69. The number of carbonyl (C=O) groups excluding carboxylic acids is 1. The number of carbonyl (C=O) groups is 1. The van der Waals surface area contributed by atoms with E-state index in [1.165, 1.54) is 0 Å². The molecule has 0 aromatic heterocycles. The second-order valence-corrected chi connectivity index (χ2v) is 6.30. The van der Waals surface area contributed by atoms with Crippen molar-refractivity contribution >= 4 is 17.3 Å². The number of rotatable bonds is 5. The zero-order valence-electron chi connectivity index (χ0n) is 15.0. The van der Waals surface area contributed by atoms with Crippen molar-refractivity contribution in [3.05, 3.63) is 72.3 Å². The highest BCUT2D eigenvalue weighted by Gasteiger charge is 2.15. The molecule has 0 aliphatic carbocycles. The number of fused-ring (bicyclic) bond motifs is 1. The van der Waals surface area contributed by atoms with Gasteiger partial charge < -0.3 is 20.1 Å². The molecule has 3 aromatic rings. The molecule has 5 nitrogen and oxygen atoms in total. The lowest BCUT2D eigenvalue weighted by molar-refractivity contribution is -0.118. The molecule has 0 saturated heterocycles. The van der Waals surface area contributed by atoms with Crippen molar-refractivity contribution in [1.29, 1.82) is 0 Å². The number of hydrogen-bond acceptors (Lipinski definition) is 4. The smallest absolute Gasteiger partial charge is 0.262 e. The Balaban J connectivity index is 1.50. The van der Waals surface area contributed by atoms with Crippen LogP contribution in [-0.4, -0.2) is 19.6 Å². The molecule has 27 heavy (non-hydrogen) atoms. The van der Waals surface area contributed by atoms with E-state index in [9.17, 15) is 4.79 Å². The average Bonchev–Trinajstić information content (AvgIpc) is 2.72. The summed E-state index contributed by atoms with van der Waals surface area (Å²) < 4.78 is 10.9. The first-order valence-corrected chi connectivity index (χ1v) is 8.76. The Kier molecular flexibility index (Phi) is 4.66. The minimum absolute atomic E-state index is 0.0530. The lowest BCUT2D eigenvalue weighted by atomic mass is 10.0. The first kappa shape index (κ1) is 17.0. The molecular weight excluding hydrogens is 340 g/mol. The highest BCUT2D eigenvalue weighted by atomic mass is 16.5. The second-order valence-electron chi connectivity index (χ2n) is 6.30. The number of ether oxygens (including phenoxy) is 2. The maximum atomic E-state index is 11.4. The van der Waals surface area contributed by atoms with Gasteiger partial charge in [-0.1, -0.05) is 36.4 Å². The third-order valence-corrected chi connectivity index (χ3v) is 4.46. The van der Waals surface area contributed by atoms with E-state index >= 15 is 0 Å². The molecule has 1 aliphatic rings. The number of anilines is 2. The van der Waals surface area contributed by atoms with E-state index in [2.05, 4.69) is 34.9 Å². The Morgan fingerprint density at radius 3 is 2.85 bits per heavy atom. The highest BCUT2D eigenvalue weighted by molar-refractivity contribution is 5.95.